The minimum Gasteiger partial charge on any atom is -0.479 e. The van der Waals surface area contributed by atoms with Crippen LogP contribution in [0.2, 0.25) is 0 Å². The van der Waals surface area contributed by atoms with E-state index in [0.717, 1.165) is 25.7 Å². The molecule has 1 aliphatic heterocycles. The highest BCUT2D eigenvalue weighted by molar-refractivity contribution is 5.83. The third kappa shape index (κ3) is 3.15. The van der Waals surface area contributed by atoms with Gasteiger partial charge in [-0.25, -0.2) is 4.79 Å². The highest BCUT2D eigenvalue weighted by Crippen LogP contribution is 2.27. The Morgan fingerprint density at radius 3 is 2.37 bits per heavy atom. The maximum atomic E-state index is 12.5. The van der Waals surface area contributed by atoms with Crippen molar-refractivity contribution in [1.29, 1.82) is 0 Å². The molecule has 19 heavy (non-hydrogen) atoms. The van der Waals surface area contributed by atoms with Gasteiger partial charge in [0.15, 0.2) is 6.10 Å². The summed E-state index contributed by atoms with van der Waals surface area (Å²) in [6, 6.07) is 0.262. The maximum absolute atomic E-state index is 12.5. The van der Waals surface area contributed by atoms with Crippen molar-refractivity contribution in [3.8, 4) is 0 Å². The van der Waals surface area contributed by atoms with E-state index in [4.69, 9.17) is 9.84 Å². The highest BCUT2D eigenvalue weighted by Gasteiger charge is 2.38. The monoisotopic (exact) mass is 267 g/mol. The molecule has 1 N–H and O–H groups in total. The number of carbonyl (C=O) groups is 2. The van der Waals surface area contributed by atoms with Gasteiger partial charge in [0.05, 0.1) is 0 Å². The molecule has 0 radical (unpaired) electrons. The van der Waals surface area contributed by atoms with Crippen molar-refractivity contribution in [3.63, 3.8) is 0 Å². The van der Waals surface area contributed by atoms with Crippen molar-refractivity contribution >= 4 is 11.9 Å². The Bertz CT molecular complexity index is 362. The lowest BCUT2D eigenvalue weighted by Crippen LogP contribution is -2.45. The van der Waals surface area contributed by atoms with Crippen molar-refractivity contribution in [2.75, 3.05) is 6.54 Å². The van der Waals surface area contributed by atoms with Crippen LogP contribution in [-0.4, -0.2) is 46.7 Å². The largest absolute Gasteiger partial charge is 0.479 e. The lowest BCUT2D eigenvalue weighted by atomic mass is 10.1. The highest BCUT2D eigenvalue weighted by atomic mass is 16.5. The number of rotatable bonds is 5. The number of hydrogen-bond acceptors (Lipinski definition) is 3. The Labute approximate surface area is 113 Å². The minimum atomic E-state index is -0.980. The number of ether oxygens (including phenoxy) is 1. The molecule has 0 aromatic heterocycles. The molecular weight excluding hydrogens is 246 g/mol. The summed E-state index contributed by atoms with van der Waals surface area (Å²) in [6.45, 7) is 4.21. The zero-order valence-corrected chi connectivity index (χ0v) is 11.1. The average molecular weight is 267 g/mol. The van der Waals surface area contributed by atoms with Gasteiger partial charge in [-0.05, 0) is 25.7 Å². The van der Waals surface area contributed by atoms with Gasteiger partial charge in [0.1, 0.15) is 6.10 Å². The van der Waals surface area contributed by atoms with Crippen molar-refractivity contribution in [2.45, 2.75) is 56.8 Å². The van der Waals surface area contributed by atoms with E-state index in [-0.39, 0.29) is 11.9 Å². The Balaban J connectivity index is 1.99. The molecule has 2 atom stereocenters. The number of aliphatic carboxylic acids is 1. The van der Waals surface area contributed by atoms with Crippen LogP contribution in [0.5, 0.6) is 0 Å². The van der Waals surface area contributed by atoms with Gasteiger partial charge >= 0.3 is 5.97 Å². The van der Waals surface area contributed by atoms with Crippen LogP contribution in [0, 0.1) is 0 Å². The Morgan fingerprint density at radius 2 is 1.84 bits per heavy atom. The lowest BCUT2D eigenvalue weighted by molar-refractivity contribution is -0.155. The maximum Gasteiger partial charge on any atom is 0.332 e. The quantitative estimate of drug-likeness (QED) is 0.768. The second-order valence-electron chi connectivity index (χ2n) is 5.25. The molecule has 0 spiro atoms. The summed E-state index contributed by atoms with van der Waals surface area (Å²) in [5.41, 5.74) is 0. The first-order chi connectivity index (χ1) is 9.13. The van der Waals surface area contributed by atoms with Gasteiger partial charge in [0.25, 0.3) is 5.91 Å². The summed E-state index contributed by atoms with van der Waals surface area (Å²) in [5, 5.41) is 8.90. The van der Waals surface area contributed by atoms with E-state index in [0.29, 0.717) is 19.4 Å². The van der Waals surface area contributed by atoms with Gasteiger partial charge in [0, 0.05) is 12.6 Å². The van der Waals surface area contributed by atoms with E-state index in [9.17, 15) is 9.59 Å². The predicted molar refractivity (Wildman–Crippen MR) is 69.7 cm³/mol. The number of carboxylic acid groups (broad SMARTS) is 1. The zero-order chi connectivity index (χ0) is 13.8. The third-order valence-electron chi connectivity index (χ3n) is 3.94. The molecule has 2 fully saturated rings. The second-order valence-corrected chi connectivity index (χ2v) is 5.25. The molecule has 0 aromatic carbocycles. The van der Waals surface area contributed by atoms with Crippen molar-refractivity contribution < 1.29 is 19.4 Å². The molecule has 2 rings (SSSR count). The molecule has 0 aromatic rings. The number of nitrogens with zero attached hydrogens (tertiary/aromatic N) is 1. The summed E-state index contributed by atoms with van der Waals surface area (Å²) in [6.07, 6.45) is 5.55. The number of carbonyl (C=O) groups excluding carboxylic acids is 1. The number of carboxylic acids is 1. The van der Waals surface area contributed by atoms with Crippen LogP contribution in [0.25, 0.3) is 0 Å². The fourth-order valence-electron chi connectivity index (χ4n) is 2.96. The summed E-state index contributed by atoms with van der Waals surface area (Å²) in [4.78, 5) is 25.1. The number of amides is 1. The molecule has 5 heteroatoms. The standard InChI is InChI=1S/C14H21NO4/c1-2-9-15(10-5-3-4-6-10)13(16)11-7-8-12(19-11)14(17)18/h2,10-12H,1,3-9H2,(H,17,18). The fourth-order valence-corrected chi connectivity index (χ4v) is 2.96. The van der Waals surface area contributed by atoms with Gasteiger partial charge < -0.3 is 14.7 Å². The van der Waals surface area contributed by atoms with Crippen LogP contribution in [0.1, 0.15) is 38.5 Å². The molecule has 2 aliphatic rings. The average Bonchev–Trinajstić information content (AvgIpc) is 3.05. The molecule has 106 valence electrons. The van der Waals surface area contributed by atoms with Crippen LogP contribution in [0.4, 0.5) is 0 Å². The van der Waals surface area contributed by atoms with Gasteiger partial charge in [-0.15, -0.1) is 6.58 Å². The molecule has 1 saturated carbocycles. The van der Waals surface area contributed by atoms with Gasteiger partial charge in [-0.2, -0.15) is 0 Å². The van der Waals surface area contributed by atoms with Gasteiger partial charge in [-0.1, -0.05) is 18.9 Å². The smallest absolute Gasteiger partial charge is 0.332 e. The summed E-state index contributed by atoms with van der Waals surface area (Å²) in [5.74, 6) is -1.05. The Hall–Kier alpha value is -1.36. The minimum absolute atomic E-state index is 0.0736. The van der Waals surface area contributed by atoms with Crippen molar-refractivity contribution in [1.82, 2.24) is 4.90 Å². The predicted octanol–water partition coefficient (Wildman–Crippen LogP) is 1.58. The lowest BCUT2D eigenvalue weighted by Gasteiger charge is -2.30. The van der Waals surface area contributed by atoms with Crippen molar-refractivity contribution in [3.05, 3.63) is 12.7 Å². The van der Waals surface area contributed by atoms with E-state index in [1.165, 1.54) is 0 Å². The molecule has 0 bridgehead atoms. The molecule has 1 amide bonds. The van der Waals surface area contributed by atoms with Crippen molar-refractivity contribution in [2.24, 2.45) is 0 Å². The molecular formula is C14H21NO4. The summed E-state index contributed by atoms with van der Waals surface area (Å²) < 4.78 is 5.35. The number of hydrogen-bond donors (Lipinski definition) is 1. The van der Waals surface area contributed by atoms with Crippen LogP contribution in [-0.2, 0) is 14.3 Å². The molecule has 2 unspecified atom stereocenters. The molecule has 5 nitrogen and oxygen atoms in total. The van der Waals surface area contributed by atoms with E-state index < -0.39 is 18.2 Å². The van der Waals surface area contributed by atoms with E-state index in [1.54, 1.807) is 6.08 Å². The normalized spacial score (nSPS) is 27.4. The fraction of sp³-hybridized carbons (Fsp3) is 0.714. The van der Waals surface area contributed by atoms with Crippen LogP contribution in [0.3, 0.4) is 0 Å². The van der Waals surface area contributed by atoms with E-state index in [1.807, 2.05) is 4.90 Å². The van der Waals surface area contributed by atoms with E-state index >= 15 is 0 Å². The summed E-state index contributed by atoms with van der Waals surface area (Å²) in [7, 11) is 0. The van der Waals surface area contributed by atoms with Gasteiger partial charge in [-0.3, -0.25) is 4.79 Å². The van der Waals surface area contributed by atoms with Gasteiger partial charge in [0.2, 0.25) is 0 Å². The Kier molecular flexibility index (Phi) is 4.58. The summed E-state index contributed by atoms with van der Waals surface area (Å²) >= 11 is 0. The first kappa shape index (κ1) is 14.1. The first-order valence-corrected chi connectivity index (χ1v) is 6.93. The van der Waals surface area contributed by atoms with Crippen LogP contribution < -0.4 is 0 Å². The Morgan fingerprint density at radius 1 is 1.21 bits per heavy atom. The van der Waals surface area contributed by atoms with E-state index in [2.05, 4.69) is 6.58 Å². The topological polar surface area (TPSA) is 66.8 Å². The molecule has 1 heterocycles. The molecule has 1 saturated heterocycles. The molecule has 1 aliphatic carbocycles. The first-order valence-electron chi connectivity index (χ1n) is 6.93. The van der Waals surface area contributed by atoms with Crippen LogP contribution in [0.15, 0.2) is 12.7 Å². The SMILES string of the molecule is C=CCN(C(=O)C1CCC(C(=O)O)O1)C1CCCC1. The zero-order valence-electron chi connectivity index (χ0n) is 11.1. The third-order valence-corrected chi connectivity index (χ3v) is 3.94. The van der Waals surface area contributed by atoms with Crippen LogP contribution >= 0.6 is 0 Å². The second kappa shape index (κ2) is 6.19.